The lowest BCUT2D eigenvalue weighted by Crippen LogP contribution is -2.76. The first-order chi connectivity index (χ1) is 12.3. The minimum absolute atomic E-state index is 0.0792. The summed E-state index contributed by atoms with van der Waals surface area (Å²) in [6, 6.07) is 2.17. The normalized spacial score (nSPS) is 38.8. The maximum Gasteiger partial charge on any atom is 0.218 e. The molecule has 0 aromatic carbocycles. The zero-order chi connectivity index (χ0) is 18.7. The topological polar surface area (TPSA) is 169 Å². The minimum atomic E-state index is -1.61. The van der Waals surface area contributed by atoms with Crippen LogP contribution in [0.5, 0.6) is 0 Å². The second kappa shape index (κ2) is 5.58. The van der Waals surface area contributed by atoms with Gasteiger partial charge in [0.05, 0.1) is 19.8 Å². The first-order valence-corrected chi connectivity index (χ1v) is 8.34. The van der Waals surface area contributed by atoms with Crippen molar-refractivity contribution >= 4 is 11.9 Å². The van der Waals surface area contributed by atoms with Gasteiger partial charge in [-0.25, -0.2) is 9.98 Å². The van der Waals surface area contributed by atoms with Crippen LogP contribution in [0.25, 0.3) is 0 Å². The third kappa shape index (κ3) is 1.96. The summed E-state index contributed by atoms with van der Waals surface area (Å²) >= 11 is 0. The average molecular weight is 365 g/mol. The number of ether oxygens (including phenoxy) is 1. The summed E-state index contributed by atoms with van der Waals surface area (Å²) in [4.78, 5) is 13.1. The summed E-state index contributed by atoms with van der Waals surface area (Å²) < 4.78 is 5.93. The van der Waals surface area contributed by atoms with Crippen LogP contribution in [-0.2, 0) is 11.3 Å². The van der Waals surface area contributed by atoms with Gasteiger partial charge in [0.2, 0.25) is 5.96 Å². The molecule has 0 amide bonds. The van der Waals surface area contributed by atoms with E-state index >= 15 is 0 Å². The van der Waals surface area contributed by atoms with Gasteiger partial charge < -0.3 is 36.3 Å². The number of guanidine groups is 2. The maximum atomic E-state index is 11.5. The Morgan fingerprint density at radius 1 is 1.38 bits per heavy atom. The van der Waals surface area contributed by atoms with Gasteiger partial charge in [0, 0.05) is 11.9 Å². The van der Waals surface area contributed by atoms with E-state index in [9.17, 15) is 15.4 Å². The molecule has 1 aromatic heterocycles. The van der Waals surface area contributed by atoms with Crippen LogP contribution in [0.4, 0.5) is 0 Å². The van der Waals surface area contributed by atoms with Crippen LogP contribution in [-0.4, -0.2) is 84.9 Å². The molecule has 4 rings (SSSR count). The van der Waals surface area contributed by atoms with Crippen LogP contribution in [0.2, 0.25) is 0 Å². The van der Waals surface area contributed by atoms with Crippen LogP contribution < -0.4 is 11.5 Å². The van der Waals surface area contributed by atoms with E-state index in [1.165, 1.54) is 0 Å². The molecular formula is C15H23N7O4. The highest BCUT2D eigenvalue weighted by Crippen LogP contribution is 2.50. The van der Waals surface area contributed by atoms with E-state index in [-0.39, 0.29) is 31.7 Å². The number of H-pyrrole nitrogens is 1. The Labute approximate surface area is 149 Å². The Kier molecular flexibility index (Phi) is 3.67. The van der Waals surface area contributed by atoms with Crippen molar-refractivity contribution in [2.45, 2.75) is 43.0 Å². The van der Waals surface area contributed by atoms with Crippen molar-refractivity contribution in [1.82, 2.24) is 14.9 Å². The van der Waals surface area contributed by atoms with E-state index in [1.54, 1.807) is 18.0 Å². The molecule has 1 fully saturated rings. The van der Waals surface area contributed by atoms with Gasteiger partial charge in [-0.2, -0.15) is 5.06 Å². The number of aromatic nitrogens is 1. The third-order valence-corrected chi connectivity index (χ3v) is 5.58. The summed E-state index contributed by atoms with van der Waals surface area (Å²) in [7, 11) is 0. The lowest BCUT2D eigenvalue weighted by atomic mass is 9.79. The Hall–Kier alpha value is -2.34. The molecule has 0 radical (unpaired) electrons. The zero-order valence-corrected chi connectivity index (χ0v) is 14.3. The Bertz CT molecular complexity index is 749. The molecule has 142 valence electrons. The number of aliphatic imine (C=N–C) groups is 2. The molecule has 5 unspecified atom stereocenters. The first-order valence-electron chi connectivity index (χ1n) is 8.34. The number of hydrogen-bond donors (Lipinski definition) is 6. The minimum Gasteiger partial charge on any atom is -0.394 e. The highest BCUT2D eigenvalue weighted by molar-refractivity contribution is 5.86. The summed E-state index contributed by atoms with van der Waals surface area (Å²) in [5.41, 5.74) is 9.65. The fourth-order valence-corrected chi connectivity index (χ4v) is 4.30. The van der Waals surface area contributed by atoms with E-state index < -0.39 is 29.5 Å². The number of nitrogens with two attached hydrogens (primary N) is 2. The lowest BCUT2D eigenvalue weighted by Gasteiger charge is -2.51. The number of hydroxylamine groups is 2. The van der Waals surface area contributed by atoms with Gasteiger partial charge in [0.25, 0.3) is 0 Å². The molecule has 1 spiro atoms. The number of aliphatic hydroxyl groups excluding tert-OH is 1. The molecule has 1 saturated heterocycles. The van der Waals surface area contributed by atoms with Gasteiger partial charge in [-0.3, -0.25) is 5.21 Å². The predicted octanol–water partition coefficient (Wildman–Crippen LogP) is -2.26. The quantitative estimate of drug-likeness (QED) is 0.347. The summed E-state index contributed by atoms with van der Waals surface area (Å²) in [5, 5.41) is 32.6. The number of nitrogens with one attached hydrogen (secondary N) is 1. The van der Waals surface area contributed by atoms with Crippen LogP contribution in [0.3, 0.4) is 0 Å². The highest BCUT2D eigenvalue weighted by atomic mass is 16.5. The number of nitrogens with zero attached hydrogens (tertiary/aromatic N) is 4. The second-order valence-electron chi connectivity index (χ2n) is 6.96. The van der Waals surface area contributed by atoms with Crippen molar-refractivity contribution in [3.05, 3.63) is 24.0 Å². The van der Waals surface area contributed by atoms with Crippen LogP contribution >= 0.6 is 0 Å². The Balaban J connectivity index is 1.72. The van der Waals surface area contributed by atoms with Gasteiger partial charge in [-0.1, -0.05) is 0 Å². The highest BCUT2D eigenvalue weighted by Gasteiger charge is 2.74. The molecule has 0 saturated carbocycles. The van der Waals surface area contributed by atoms with Crippen molar-refractivity contribution in [2.24, 2.45) is 21.5 Å². The van der Waals surface area contributed by atoms with Crippen LogP contribution in [0.15, 0.2) is 28.3 Å². The molecule has 11 nitrogen and oxygen atoms in total. The van der Waals surface area contributed by atoms with Crippen LogP contribution in [0, 0.1) is 0 Å². The van der Waals surface area contributed by atoms with Crippen molar-refractivity contribution in [3.8, 4) is 0 Å². The number of aromatic amines is 1. The Morgan fingerprint density at radius 3 is 2.81 bits per heavy atom. The number of aliphatic hydroxyl groups is 2. The van der Waals surface area contributed by atoms with Gasteiger partial charge in [-0.15, -0.1) is 0 Å². The number of hydrogen-bond acceptors (Lipinski definition) is 10. The zero-order valence-electron chi connectivity index (χ0n) is 14.3. The monoisotopic (exact) mass is 365 g/mol. The smallest absolute Gasteiger partial charge is 0.218 e. The molecule has 0 bridgehead atoms. The van der Waals surface area contributed by atoms with Crippen molar-refractivity contribution in [1.29, 1.82) is 0 Å². The molecule has 0 aliphatic carbocycles. The van der Waals surface area contributed by atoms with Gasteiger partial charge >= 0.3 is 0 Å². The first kappa shape index (κ1) is 17.1. The van der Waals surface area contributed by atoms with Crippen molar-refractivity contribution < 1.29 is 20.2 Å². The molecule has 1 aromatic rings. The van der Waals surface area contributed by atoms with Crippen LogP contribution in [0.1, 0.15) is 12.6 Å². The predicted molar refractivity (Wildman–Crippen MR) is 91.0 cm³/mol. The molecular weight excluding hydrogens is 342 g/mol. The SMILES string of the molecule is CC1(O)C(OCc2ccc[nH]2)CN2C(N)=NC(CO)C3N=C(N)N(O)C321. The second-order valence-corrected chi connectivity index (χ2v) is 6.96. The van der Waals surface area contributed by atoms with E-state index in [4.69, 9.17) is 16.2 Å². The van der Waals surface area contributed by atoms with E-state index in [0.29, 0.717) is 0 Å². The largest absolute Gasteiger partial charge is 0.394 e. The summed E-state index contributed by atoms with van der Waals surface area (Å²) in [6.45, 7) is 1.61. The average Bonchev–Trinajstić information content (AvgIpc) is 3.26. The fraction of sp³-hybridized carbons (Fsp3) is 0.600. The Morgan fingerprint density at radius 2 is 2.15 bits per heavy atom. The molecule has 4 heterocycles. The fourth-order valence-electron chi connectivity index (χ4n) is 4.30. The van der Waals surface area contributed by atoms with E-state index in [1.807, 2.05) is 12.1 Å². The van der Waals surface area contributed by atoms with Gasteiger partial charge in [0.15, 0.2) is 11.6 Å². The van der Waals surface area contributed by atoms with E-state index in [2.05, 4.69) is 15.0 Å². The molecule has 26 heavy (non-hydrogen) atoms. The third-order valence-electron chi connectivity index (χ3n) is 5.58. The van der Waals surface area contributed by atoms with Crippen molar-refractivity contribution in [2.75, 3.05) is 13.2 Å². The molecule has 8 N–H and O–H groups in total. The molecule has 3 aliphatic rings. The van der Waals surface area contributed by atoms with Crippen molar-refractivity contribution in [3.63, 3.8) is 0 Å². The number of rotatable bonds is 4. The van der Waals surface area contributed by atoms with E-state index in [0.717, 1.165) is 10.8 Å². The standard InChI is InChI=1S/C15H23N7O4/c1-14(24)10(26-7-8-3-2-4-18-8)5-21-12(16)19-9(6-23)11-15(14,21)22(25)13(17)20-11/h2-4,9-11,18,23-25H,5-7H2,1H3,(H2,16,19)(H2,17,20). The summed E-state index contributed by atoms with van der Waals surface area (Å²) in [5.74, 6) is -0.0934. The summed E-state index contributed by atoms with van der Waals surface area (Å²) in [6.07, 6.45) is 1.07. The lowest BCUT2D eigenvalue weighted by molar-refractivity contribution is -0.233. The van der Waals surface area contributed by atoms with Gasteiger partial charge in [-0.05, 0) is 19.1 Å². The molecule has 3 aliphatic heterocycles. The molecule has 5 atom stereocenters. The maximum absolute atomic E-state index is 11.5. The van der Waals surface area contributed by atoms with Gasteiger partial charge in [0.1, 0.15) is 23.8 Å². The molecule has 11 heteroatoms.